The molecule has 3 rings (SSSR count). The molecule has 0 bridgehead atoms. The van der Waals surface area contributed by atoms with Gasteiger partial charge in [-0.05, 0) is 36.7 Å². The second-order valence-electron chi connectivity index (χ2n) is 4.86. The van der Waals surface area contributed by atoms with E-state index in [0.717, 1.165) is 30.9 Å². The first kappa shape index (κ1) is 12.8. The zero-order valence-electron chi connectivity index (χ0n) is 11.6. The normalized spacial score (nSPS) is 11.1. The lowest BCUT2D eigenvalue weighted by Crippen LogP contribution is -2.19. The number of aryl methyl sites for hydroxylation is 1. The van der Waals surface area contributed by atoms with Crippen LogP contribution in [-0.2, 0) is 20.0 Å². The van der Waals surface area contributed by atoms with Crippen molar-refractivity contribution >= 4 is 11.0 Å². The number of rotatable bonds is 5. The number of imidazole rings is 1. The summed E-state index contributed by atoms with van der Waals surface area (Å²) in [5.74, 6) is 1.07. The second-order valence-corrected chi connectivity index (χ2v) is 4.86. The van der Waals surface area contributed by atoms with Gasteiger partial charge in [-0.3, -0.25) is 4.98 Å². The van der Waals surface area contributed by atoms with Crippen LogP contribution in [0.15, 0.2) is 48.8 Å². The molecule has 1 N–H and O–H groups in total. The molecule has 4 nitrogen and oxygen atoms in total. The molecule has 0 saturated carbocycles. The van der Waals surface area contributed by atoms with E-state index in [9.17, 15) is 0 Å². The van der Waals surface area contributed by atoms with E-state index in [1.807, 2.05) is 24.4 Å². The number of nitrogens with zero attached hydrogens (tertiary/aromatic N) is 3. The molecular formula is C16H18N4. The average molecular weight is 266 g/mol. The lowest BCUT2D eigenvalue weighted by atomic mass is 10.2. The van der Waals surface area contributed by atoms with E-state index in [1.54, 1.807) is 6.20 Å². The molecular weight excluding hydrogens is 248 g/mol. The highest BCUT2D eigenvalue weighted by atomic mass is 15.1. The van der Waals surface area contributed by atoms with Gasteiger partial charge in [-0.15, -0.1) is 0 Å². The molecule has 2 heterocycles. The predicted molar refractivity (Wildman–Crippen MR) is 80.4 cm³/mol. The number of pyridine rings is 1. The van der Waals surface area contributed by atoms with Crippen molar-refractivity contribution in [3.8, 4) is 0 Å². The molecule has 0 spiro atoms. The minimum Gasteiger partial charge on any atom is -0.330 e. The fourth-order valence-electron chi connectivity index (χ4n) is 2.33. The van der Waals surface area contributed by atoms with Crippen LogP contribution in [0.25, 0.3) is 11.0 Å². The van der Waals surface area contributed by atoms with Crippen LogP contribution in [0.4, 0.5) is 0 Å². The van der Waals surface area contributed by atoms with Crippen LogP contribution in [0, 0.1) is 0 Å². The Balaban J connectivity index is 1.59. The summed E-state index contributed by atoms with van der Waals surface area (Å²) >= 11 is 0. The summed E-state index contributed by atoms with van der Waals surface area (Å²) in [5, 5.41) is 3.44. The van der Waals surface area contributed by atoms with Crippen molar-refractivity contribution in [1.29, 1.82) is 0 Å². The third-order valence-electron chi connectivity index (χ3n) is 3.48. The molecule has 0 saturated heterocycles. The van der Waals surface area contributed by atoms with Crippen molar-refractivity contribution in [3.05, 3.63) is 60.2 Å². The number of aromatic nitrogens is 3. The first-order valence-electron chi connectivity index (χ1n) is 6.84. The summed E-state index contributed by atoms with van der Waals surface area (Å²) in [4.78, 5) is 8.77. The first-order valence-corrected chi connectivity index (χ1v) is 6.84. The van der Waals surface area contributed by atoms with Crippen molar-refractivity contribution in [1.82, 2.24) is 19.9 Å². The maximum absolute atomic E-state index is 4.64. The Morgan fingerprint density at radius 3 is 2.85 bits per heavy atom. The Labute approximate surface area is 118 Å². The van der Waals surface area contributed by atoms with E-state index in [4.69, 9.17) is 0 Å². The van der Waals surface area contributed by atoms with E-state index in [1.165, 1.54) is 11.1 Å². The van der Waals surface area contributed by atoms with Crippen molar-refractivity contribution in [2.45, 2.75) is 13.0 Å². The SMILES string of the molecule is Cn1c(CNCCc2cccnc2)nc2ccccc21. The van der Waals surface area contributed by atoms with Crippen LogP contribution in [0.1, 0.15) is 11.4 Å². The molecule has 1 aromatic carbocycles. The van der Waals surface area contributed by atoms with Gasteiger partial charge in [0.25, 0.3) is 0 Å². The first-order chi connectivity index (χ1) is 9.84. The molecule has 0 aliphatic rings. The van der Waals surface area contributed by atoms with Crippen LogP contribution >= 0.6 is 0 Å². The maximum Gasteiger partial charge on any atom is 0.123 e. The van der Waals surface area contributed by atoms with Gasteiger partial charge in [0, 0.05) is 19.4 Å². The minimum atomic E-state index is 0.783. The van der Waals surface area contributed by atoms with Gasteiger partial charge in [0.05, 0.1) is 17.6 Å². The van der Waals surface area contributed by atoms with Gasteiger partial charge >= 0.3 is 0 Å². The molecule has 0 aliphatic carbocycles. The molecule has 0 radical (unpaired) electrons. The van der Waals surface area contributed by atoms with E-state index in [2.05, 4.69) is 45.1 Å². The summed E-state index contributed by atoms with van der Waals surface area (Å²) in [6, 6.07) is 12.3. The highest BCUT2D eigenvalue weighted by Gasteiger charge is 2.05. The van der Waals surface area contributed by atoms with Gasteiger partial charge in [-0.2, -0.15) is 0 Å². The quantitative estimate of drug-likeness (QED) is 0.721. The Morgan fingerprint density at radius 1 is 1.15 bits per heavy atom. The van der Waals surface area contributed by atoms with Crippen molar-refractivity contribution in [3.63, 3.8) is 0 Å². The second kappa shape index (κ2) is 5.84. The Bertz CT molecular complexity index is 688. The highest BCUT2D eigenvalue weighted by molar-refractivity contribution is 5.75. The highest BCUT2D eigenvalue weighted by Crippen LogP contribution is 2.13. The zero-order chi connectivity index (χ0) is 13.8. The van der Waals surface area contributed by atoms with Gasteiger partial charge in [0.2, 0.25) is 0 Å². The zero-order valence-corrected chi connectivity index (χ0v) is 11.6. The number of para-hydroxylation sites is 2. The van der Waals surface area contributed by atoms with E-state index in [-0.39, 0.29) is 0 Å². The van der Waals surface area contributed by atoms with Crippen LogP contribution < -0.4 is 5.32 Å². The van der Waals surface area contributed by atoms with Gasteiger partial charge in [-0.1, -0.05) is 18.2 Å². The molecule has 0 aliphatic heterocycles. The molecule has 102 valence electrons. The van der Waals surface area contributed by atoms with Gasteiger partial charge in [0.15, 0.2) is 0 Å². The van der Waals surface area contributed by atoms with E-state index >= 15 is 0 Å². The molecule has 0 unspecified atom stereocenters. The van der Waals surface area contributed by atoms with Gasteiger partial charge in [0.1, 0.15) is 5.82 Å². The van der Waals surface area contributed by atoms with Crippen molar-refractivity contribution < 1.29 is 0 Å². The number of nitrogens with one attached hydrogen (secondary N) is 1. The number of fused-ring (bicyclic) bond motifs is 1. The minimum absolute atomic E-state index is 0.783. The third kappa shape index (κ3) is 2.70. The molecule has 20 heavy (non-hydrogen) atoms. The standard InChI is InChI=1S/C16H18N4/c1-20-15-7-3-2-6-14(15)19-16(20)12-18-10-8-13-5-4-9-17-11-13/h2-7,9,11,18H,8,10,12H2,1H3. The summed E-state index contributed by atoms with van der Waals surface area (Å²) in [6.45, 7) is 1.71. The summed E-state index contributed by atoms with van der Waals surface area (Å²) in [7, 11) is 2.06. The molecule has 4 heteroatoms. The lowest BCUT2D eigenvalue weighted by Gasteiger charge is -2.05. The predicted octanol–water partition coefficient (Wildman–Crippen LogP) is 2.30. The summed E-state index contributed by atoms with van der Waals surface area (Å²) < 4.78 is 2.15. The summed E-state index contributed by atoms with van der Waals surface area (Å²) in [5.41, 5.74) is 3.49. The maximum atomic E-state index is 4.64. The van der Waals surface area contributed by atoms with Crippen molar-refractivity contribution in [2.75, 3.05) is 6.54 Å². The Kier molecular flexibility index (Phi) is 3.74. The number of hydrogen-bond acceptors (Lipinski definition) is 3. The van der Waals surface area contributed by atoms with E-state index in [0.29, 0.717) is 0 Å². The molecule has 0 fully saturated rings. The van der Waals surface area contributed by atoms with Crippen LogP contribution in [-0.4, -0.2) is 21.1 Å². The Morgan fingerprint density at radius 2 is 2.05 bits per heavy atom. The van der Waals surface area contributed by atoms with Gasteiger partial charge in [-0.25, -0.2) is 4.98 Å². The molecule has 0 atom stereocenters. The molecule has 3 aromatic rings. The van der Waals surface area contributed by atoms with Crippen molar-refractivity contribution in [2.24, 2.45) is 7.05 Å². The van der Waals surface area contributed by atoms with Crippen LogP contribution in [0.5, 0.6) is 0 Å². The van der Waals surface area contributed by atoms with Crippen LogP contribution in [0.3, 0.4) is 0 Å². The number of hydrogen-bond donors (Lipinski definition) is 1. The average Bonchev–Trinajstić information content (AvgIpc) is 2.82. The third-order valence-corrected chi connectivity index (χ3v) is 3.48. The van der Waals surface area contributed by atoms with E-state index < -0.39 is 0 Å². The fraction of sp³-hybridized carbons (Fsp3) is 0.250. The number of benzene rings is 1. The summed E-state index contributed by atoms with van der Waals surface area (Å²) in [6.07, 6.45) is 4.70. The van der Waals surface area contributed by atoms with Crippen LogP contribution in [0.2, 0.25) is 0 Å². The monoisotopic (exact) mass is 266 g/mol. The van der Waals surface area contributed by atoms with Gasteiger partial charge < -0.3 is 9.88 Å². The largest absolute Gasteiger partial charge is 0.330 e. The Hall–Kier alpha value is -2.20. The molecule has 0 amide bonds. The lowest BCUT2D eigenvalue weighted by molar-refractivity contribution is 0.641. The fourth-order valence-corrected chi connectivity index (χ4v) is 2.33. The molecule has 2 aromatic heterocycles. The topological polar surface area (TPSA) is 42.7 Å². The smallest absolute Gasteiger partial charge is 0.123 e.